The van der Waals surface area contributed by atoms with Crippen molar-refractivity contribution in [3.8, 4) is 0 Å². The van der Waals surface area contributed by atoms with Crippen LogP contribution in [0.15, 0.2) is 18.2 Å². The minimum Gasteiger partial charge on any atom is -0.338 e. The Morgan fingerprint density at radius 3 is 2.82 bits per heavy atom. The molecule has 0 atom stereocenters. The van der Waals surface area contributed by atoms with E-state index in [-0.39, 0.29) is 5.91 Å². The molecule has 1 spiro atoms. The molecule has 3 heteroatoms. The third-order valence-corrected chi connectivity index (χ3v) is 5.98. The molecule has 3 nitrogen and oxygen atoms in total. The van der Waals surface area contributed by atoms with E-state index >= 15 is 0 Å². The number of fused-ring (bicyclic) bond motifs is 1. The smallest absolute Gasteiger partial charge is 0.253 e. The summed E-state index contributed by atoms with van der Waals surface area (Å²) in [5, 5.41) is 3.39. The van der Waals surface area contributed by atoms with Crippen LogP contribution in [0.2, 0.25) is 0 Å². The van der Waals surface area contributed by atoms with Gasteiger partial charge in [0, 0.05) is 25.2 Å². The Kier molecular flexibility index (Phi) is 3.69. The number of benzene rings is 1. The summed E-state index contributed by atoms with van der Waals surface area (Å²) in [7, 11) is 0. The standard InChI is InChI=1S/C19H26N2O/c22-18(16-4-5-17-13-20-10-6-15(17)12-16)21-11-9-19(14-21)7-2-1-3-8-19/h4-5,12,20H,1-3,6-11,13-14H2. The van der Waals surface area contributed by atoms with E-state index in [9.17, 15) is 4.79 Å². The molecule has 0 bridgehead atoms. The van der Waals surface area contributed by atoms with Crippen LogP contribution in [-0.2, 0) is 13.0 Å². The molecule has 2 heterocycles. The maximum absolute atomic E-state index is 12.9. The van der Waals surface area contributed by atoms with E-state index in [2.05, 4.69) is 22.3 Å². The highest BCUT2D eigenvalue weighted by molar-refractivity contribution is 5.94. The number of nitrogens with zero attached hydrogens (tertiary/aromatic N) is 1. The molecule has 1 saturated heterocycles. The van der Waals surface area contributed by atoms with Crippen molar-refractivity contribution in [2.24, 2.45) is 5.41 Å². The molecule has 3 aliphatic rings. The number of hydrogen-bond acceptors (Lipinski definition) is 2. The summed E-state index contributed by atoms with van der Waals surface area (Å²) >= 11 is 0. The molecule has 1 saturated carbocycles. The molecule has 2 aliphatic heterocycles. The van der Waals surface area contributed by atoms with E-state index in [4.69, 9.17) is 0 Å². The second-order valence-electron chi connectivity index (χ2n) is 7.45. The van der Waals surface area contributed by atoms with Gasteiger partial charge in [-0.1, -0.05) is 25.3 Å². The van der Waals surface area contributed by atoms with Crippen molar-refractivity contribution in [3.05, 3.63) is 34.9 Å². The number of rotatable bonds is 1. The quantitative estimate of drug-likeness (QED) is 0.864. The first kappa shape index (κ1) is 14.3. The van der Waals surface area contributed by atoms with Gasteiger partial charge in [0.25, 0.3) is 5.91 Å². The normalized spacial score (nSPS) is 23.5. The predicted octanol–water partition coefficient (Wildman–Crippen LogP) is 3.13. The zero-order valence-electron chi connectivity index (χ0n) is 13.4. The molecule has 1 aliphatic carbocycles. The summed E-state index contributed by atoms with van der Waals surface area (Å²) < 4.78 is 0. The molecule has 1 aromatic rings. The Balaban J connectivity index is 1.50. The lowest BCUT2D eigenvalue weighted by molar-refractivity contribution is 0.0759. The first-order chi connectivity index (χ1) is 10.8. The van der Waals surface area contributed by atoms with E-state index < -0.39 is 0 Å². The number of likely N-dealkylation sites (tertiary alicyclic amines) is 1. The minimum atomic E-state index is 0.254. The monoisotopic (exact) mass is 298 g/mol. The maximum Gasteiger partial charge on any atom is 0.253 e. The molecule has 0 unspecified atom stereocenters. The van der Waals surface area contributed by atoms with Gasteiger partial charge in [0.2, 0.25) is 0 Å². The molecule has 1 aromatic carbocycles. The van der Waals surface area contributed by atoms with Gasteiger partial charge in [-0.05, 0) is 60.9 Å². The molecule has 0 radical (unpaired) electrons. The van der Waals surface area contributed by atoms with Gasteiger partial charge in [-0.2, -0.15) is 0 Å². The second kappa shape index (κ2) is 5.69. The average molecular weight is 298 g/mol. The van der Waals surface area contributed by atoms with Gasteiger partial charge in [-0.15, -0.1) is 0 Å². The minimum absolute atomic E-state index is 0.254. The zero-order valence-corrected chi connectivity index (χ0v) is 13.4. The van der Waals surface area contributed by atoms with Crippen LogP contribution < -0.4 is 5.32 Å². The van der Waals surface area contributed by atoms with Gasteiger partial charge in [-0.3, -0.25) is 4.79 Å². The highest BCUT2D eigenvalue weighted by Gasteiger charge is 2.40. The lowest BCUT2D eigenvalue weighted by atomic mass is 9.73. The Bertz CT molecular complexity index is 575. The number of nitrogens with one attached hydrogen (secondary N) is 1. The van der Waals surface area contributed by atoms with Crippen molar-refractivity contribution in [1.29, 1.82) is 0 Å². The second-order valence-corrected chi connectivity index (χ2v) is 7.45. The summed E-state index contributed by atoms with van der Waals surface area (Å²) in [4.78, 5) is 15.0. The highest BCUT2D eigenvalue weighted by atomic mass is 16.2. The Hall–Kier alpha value is -1.35. The van der Waals surface area contributed by atoms with Crippen LogP contribution in [0.5, 0.6) is 0 Å². The molecule has 118 valence electrons. The van der Waals surface area contributed by atoms with E-state index in [1.54, 1.807) is 0 Å². The van der Waals surface area contributed by atoms with Crippen molar-refractivity contribution in [1.82, 2.24) is 10.2 Å². The van der Waals surface area contributed by atoms with Crippen molar-refractivity contribution in [3.63, 3.8) is 0 Å². The van der Waals surface area contributed by atoms with Gasteiger partial charge in [0.15, 0.2) is 0 Å². The van der Waals surface area contributed by atoms with Crippen molar-refractivity contribution < 1.29 is 4.79 Å². The molecule has 22 heavy (non-hydrogen) atoms. The van der Waals surface area contributed by atoms with Gasteiger partial charge in [-0.25, -0.2) is 0 Å². The van der Waals surface area contributed by atoms with Crippen LogP contribution in [0.4, 0.5) is 0 Å². The van der Waals surface area contributed by atoms with E-state index in [1.807, 2.05) is 6.07 Å². The Morgan fingerprint density at radius 1 is 1.09 bits per heavy atom. The van der Waals surface area contributed by atoms with Crippen LogP contribution in [-0.4, -0.2) is 30.4 Å². The fourth-order valence-electron chi connectivity index (χ4n) is 4.61. The van der Waals surface area contributed by atoms with Crippen LogP contribution in [0, 0.1) is 5.41 Å². The summed E-state index contributed by atoms with van der Waals surface area (Å²) in [5.41, 5.74) is 4.06. The lowest BCUT2D eigenvalue weighted by Crippen LogP contribution is -2.33. The number of amides is 1. The van der Waals surface area contributed by atoms with E-state index in [0.717, 1.165) is 38.2 Å². The van der Waals surface area contributed by atoms with E-state index in [1.165, 1.54) is 49.7 Å². The third-order valence-electron chi connectivity index (χ3n) is 5.98. The van der Waals surface area contributed by atoms with Crippen LogP contribution >= 0.6 is 0 Å². The first-order valence-corrected chi connectivity index (χ1v) is 8.88. The topological polar surface area (TPSA) is 32.3 Å². The molecule has 4 rings (SSSR count). The SMILES string of the molecule is O=C(c1ccc2c(c1)CCNC2)N1CCC2(CCCCC2)C1. The molecule has 2 fully saturated rings. The molecule has 1 N–H and O–H groups in total. The molecular weight excluding hydrogens is 272 g/mol. The number of carbonyl (C=O) groups excluding carboxylic acids is 1. The van der Waals surface area contributed by atoms with Crippen molar-refractivity contribution in [2.45, 2.75) is 51.5 Å². The highest BCUT2D eigenvalue weighted by Crippen LogP contribution is 2.43. The van der Waals surface area contributed by atoms with Crippen LogP contribution in [0.3, 0.4) is 0 Å². The van der Waals surface area contributed by atoms with Gasteiger partial charge < -0.3 is 10.2 Å². The first-order valence-electron chi connectivity index (χ1n) is 8.88. The van der Waals surface area contributed by atoms with Crippen molar-refractivity contribution in [2.75, 3.05) is 19.6 Å². The molecule has 1 amide bonds. The fraction of sp³-hybridized carbons (Fsp3) is 0.632. The molecule has 0 aromatic heterocycles. The fourth-order valence-corrected chi connectivity index (χ4v) is 4.61. The zero-order chi connectivity index (χ0) is 15.0. The Morgan fingerprint density at radius 2 is 1.95 bits per heavy atom. The summed E-state index contributed by atoms with van der Waals surface area (Å²) in [6.07, 6.45) is 9.00. The number of carbonyl (C=O) groups is 1. The average Bonchev–Trinajstić information content (AvgIpc) is 2.98. The maximum atomic E-state index is 12.9. The lowest BCUT2D eigenvalue weighted by Gasteiger charge is -2.33. The summed E-state index contributed by atoms with van der Waals surface area (Å²) in [5.74, 6) is 0.254. The van der Waals surface area contributed by atoms with Gasteiger partial charge in [0.1, 0.15) is 0 Å². The van der Waals surface area contributed by atoms with Crippen LogP contribution in [0.25, 0.3) is 0 Å². The van der Waals surface area contributed by atoms with Crippen LogP contribution in [0.1, 0.15) is 60.0 Å². The van der Waals surface area contributed by atoms with E-state index in [0.29, 0.717) is 5.41 Å². The predicted molar refractivity (Wildman–Crippen MR) is 87.9 cm³/mol. The summed E-state index contributed by atoms with van der Waals surface area (Å²) in [6.45, 7) is 3.91. The molecular formula is C19H26N2O. The van der Waals surface area contributed by atoms with Crippen molar-refractivity contribution >= 4 is 5.91 Å². The van der Waals surface area contributed by atoms with Gasteiger partial charge >= 0.3 is 0 Å². The van der Waals surface area contributed by atoms with Gasteiger partial charge in [0.05, 0.1) is 0 Å². The Labute approximate surface area is 133 Å². The largest absolute Gasteiger partial charge is 0.338 e. The third kappa shape index (κ3) is 2.56. The number of hydrogen-bond donors (Lipinski definition) is 1. The summed E-state index contributed by atoms with van der Waals surface area (Å²) in [6, 6.07) is 6.31.